The number of rotatable bonds is 4. The number of benzene rings is 1. The maximum absolute atomic E-state index is 11.5. The largest absolute Gasteiger partial charge is 0.425 e. The van der Waals surface area contributed by atoms with Gasteiger partial charge in [-0.2, -0.15) is 5.26 Å². The van der Waals surface area contributed by atoms with E-state index >= 15 is 0 Å². The van der Waals surface area contributed by atoms with Crippen LogP contribution in [0.3, 0.4) is 0 Å². The van der Waals surface area contributed by atoms with E-state index in [1.165, 1.54) is 6.66 Å². The van der Waals surface area contributed by atoms with Crippen molar-refractivity contribution in [2.24, 2.45) is 0 Å². The van der Waals surface area contributed by atoms with E-state index in [4.69, 9.17) is 14.3 Å². The summed E-state index contributed by atoms with van der Waals surface area (Å²) in [6.07, 6.45) is 0. The molecule has 14 heavy (non-hydrogen) atoms. The van der Waals surface area contributed by atoms with Crippen LogP contribution in [0.25, 0.3) is 0 Å². The molecule has 74 valence electrons. The van der Waals surface area contributed by atoms with Crippen LogP contribution in [0.2, 0.25) is 0 Å². The zero-order chi connectivity index (χ0) is 10.4. The molecule has 0 bridgehead atoms. The standard InChI is InChI=1S/C9H10NO3P/c1-14(11,12-8-7-10)13-9-5-3-2-4-6-9/h2-6H,8H2,1H3. The van der Waals surface area contributed by atoms with Crippen LogP contribution in [-0.4, -0.2) is 13.3 Å². The second-order valence-electron chi connectivity index (χ2n) is 2.61. The number of hydrogen-bond donors (Lipinski definition) is 0. The van der Waals surface area contributed by atoms with Crippen LogP contribution < -0.4 is 4.52 Å². The van der Waals surface area contributed by atoms with E-state index in [0.29, 0.717) is 5.75 Å². The van der Waals surface area contributed by atoms with Gasteiger partial charge in [-0.1, -0.05) is 18.2 Å². The van der Waals surface area contributed by atoms with Crippen molar-refractivity contribution in [2.75, 3.05) is 13.3 Å². The van der Waals surface area contributed by atoms with Crippen LogP contribution in [0, 0.1) is 11.3 Å². The summed E-state index contributed by atoms with van der Waals surface area (Å²) in [6, 6.07) is 10.4. The van der Waals surface area contributed by atoms with Crippen molar-refractivity contribution >= 4 is 7.60 Å². The molecule has 0 aromatic heterocycles. The van der Waals surface area contributed by atoms with Gasteiger partial charge in [-0.25, -0.2) is 4.57 Å². The molecule has 1 aromatic rings. The van der Waals surface area contributed by atoms with Gasteiger partial charge in [0.2, 0.25) is 0 Å². The van der Waals surface area contributed by atoms with Crippen LogP contribution in [0.4, 0.5) is 0 Å². The van der Waals surface area contributed by atoms with Gasteiger partial charge in [0.25, 0.3) is 0 Å². The molecular formula is C9H10NO3P. The van der Waals surface area contributed by atoms with Crippen LogP contribution in [0.5, 0.6) is 5.75 Å². The summed E-state index contributed by atoms with van der Waals surface area (Å²) in [5, 5.41) is 8.24. The molecular weight excluding hydrogens is 201 g/mol. The summed E-state index contributed by atoms with van der Waals surface area (Å²) in [5.74, 6) is 0.469. The van der Waals surface area contributed by atoms with E-state index in [9.17, 15) is 4.57 Å². The quantitative estimate of drug-likeness (QED) is 0.717. The third-order valence-corrected chi connectivity index (χ3v) is 2.52. The molecule has 0 aliphatic heterocycles. The molecule has 1 aromatic carbocycles. The Bertz CT molecular complexity index is 371. The molecule has 5 heteroatoms. The molecule has 0 N–H and O–H groups in total. The second-order valence-corrected chi connectivity index (χ2v) is 4.59. The van der Waals surface area contributed by atoms with Crippen LogP contribution in [0.1, 0.15) is 0 Å². The van der Waals surface area contributed by atoms with Gasteiger partial charge in [0.15, 0.2) is 0 Å². The summed E-state index contributed by atoms with van der Waals surface area (Å²) in [4.78, 5) is 0. The zero-order valence-corrected chi connectivity index (χ0v) is 8.61. The summed E-state index contributed by atoms with van der Waals surface area (Å²) < 4.78 is 21.4. The Balaban J connectivity index is 2.60. The third kappa shape index (κ3) is 3.61. The fourth-order valence-electron chi connectivity index (χ4n) is 0.845. The average molecular weight is 211 g/mol. The number of nitriles is 1. The third-order valence-electron chi connectivity index (χ3n) is 1.38. The van der Waals surface area contributed by atoms with E-state index in [2.05, 4.69) is 0 Å². The molecule has 0 saturated heterocycles. The lowest BCUT2D eigenvalue weighted by atomic mass is 10.3. The van der Waals surface area contributed by atoms with Crippen LogP contribution in [0.15, 0.2) is 30.3 Å². The SMILES string of the molecule is CP(=O)(OCC#N)Oc1ccccc1. The molecule has 0 saturated carbocycles. The van der Waals surface area contributed by atoms with E-state index in [1.54, 1.807) is 30.3 Å². The Kier molecular flexibility index (Phi) is 3.70. The molecule has 0 spiro atoms. The number of para-hydroxylation sites is 1. The van der Waals surface area contributed by atoms with Crippen molar-refractivity contribution in [1.29, 1.82) is 5.26 Å². The Morgan fingerprint density at radius 1 is 1.43 bits per heavy atom. The molecule has 0 amide bonds. The van der Waals surface area contributed by atoms with Crippen molar-refractivity contribution in [2.45, 2.75) is 0 Å². The number of nitrogens with zero attached hydrogens (tertiary/aromatic N) is 1. The molecule has 0 fully saturated rings. The highest BCUT2D eigenvalue weighted by Gasteiger charge is 2.17. The van der Waals surface area contributed by atoms with Gasteiger partial charge in [0.05, 0.1) is 6.07 Å². The Labute approximate surface area is 82.6 Å². The number of hydrogen-bond acceptors (Lipinski definition) is 4. The first kappa shape index (κ1) is 10.8. The highest BCUT2D eigenvalue weighted by Crippen LogP contribution is 2.43. The molecule has 1 unspecified atom stereocenters. The van der Waals surface area contributed by atoms with Gasteiger partial charge in [0.1, 0.15) is 12.4 Å². The predicted octanol–water partition coefficient (Wildman–Crippen LogP) is 2.43. The highest BCUT2D eigenvalue weighted by atomic mass is 31.2. The van der Waals surface area contributed by atoms with Crippen molar-refractivity contribution in [3.05, 3.63) is 30.3 Å². The fourth-order valence-corrected chi connectivity index (χ4v) is 1.69. The van der Waals surface area contributed by atoms with Crippen molar-refractivity contribution in [3.63, 3.8) is 0 Å². The first-order chi connectivity index (χ1) is 6.64. The second kappa shape index (κ2) is 4.80. The van der Waals surface area contributed by atoms with Crippen LogP contribution >= 0.6 is 7.60 Å². The van der Waals surface area contributed by atoms with Gasteiger partial charge >= 0.3 is 7.60 Å². The molecule has 0 aliphatic carbocycles. The smallest absolute Gasteiger partial charge is 0.377 e. The Hall–Kier alpha value is -1.30. The van der Waals surface area contributed by atoms with Gasteiger partial charge in [-0.3, -0.25) is 4.52 Å². The maximum atomic E-state index is 11.5. The fraction of sp³-hybridized carbons (Fsp3) is 0.222. The minimum atomic E-state index is -3.15. The van der Waals surface area contributed by atoms with Gasteiger partial charge in [-0.05, 0) is 12.1 Å². The zero-order valence-electron chi connectivity index (χ0n) is 7.71. The van der Waals surface area contributed by atoms with E-state index in [0.717, 1.165) is 0 Å². The minimum Gasteiger partial charge on any atom is -0.425 e. The molecule has 1 atom stereocenters. The lowest BCUT2D eigenvalue weighted by Gasteiger charge is -2.12. The first-order valence-electron chi connectivity index (χ1n) is 3.98. The van der Waals surface area contributed by atoms with Crippen molar-refractivity contribution in [1.82, 2.24) is 0 Å². The molecule has 0 radical (unpaired) electrons. The lowest BCUT2D eigenvalue weighted by Crippen LogP contribution is -1.96. The monoisotopic (exact) mass is 211 g/mol. The van der Waals surface area contributed by atoms with Crippen molar-refractivity contribution < 1.29 is 13.6 Å². The lowest BCUT2D eigenvalue weighted by molar-refractivity contribution is 0.302. The highest BCUT2D eigenvalue weighted by molar-refractivity contribution is 7.53. The predicted molar refractivity (Wildman–Crippen MR) is 52.2 cm³/mol. The molecule has 4 nitrogen and oxygen atoms in total. The molecule has 0 aliphatic rings. The molecule has 1 rings (SSSR count). The van der Waals surface area contributed by atoms with Crippen LogP contribution in [-0.2, 0) is 9.09 Å². The molecule has 0 heterocycles. The van der Waals surface area contributed by atoms with Gasteiger partial charge < -0.3 is 4.52 Å². The average Bonchev–Trinajstić information content (AvgIpc) is 2.16. The Morgan fingerprint density at radius 2 is 2.07 bits per heavy atom. The van der Waals surface area contributed by atoms with E-state index in [-0.39, 0.29) is 6.61 Å². The normalized spacial score (nSPS) is 14.0. The van der Waals surface area contributed by atoms with Gasteiger partial charge in [0, 0.05) is 6.66 Å². The summed E-state index contributed by atoms with van der Waals surface area (Å²) in [7, 11) is -3.15. The Morgan fingerprint density at radius 3 is 2.64 bits per heavy atom. The van der Waals surface area contributed by atoms with E-state index in [1.807, 2.05) is 6.07 Å². The summed E-state index contributed by atoms with van der Waals surface area (Å²) in [6.45, 7) is 1.10. The maximum Gasteiger partial charge on any atom is 0.377 e. The first-order valence-corrected chi connectivity index (χ1v) is 5.97. The van der Waals surface area contributed by atoms with Crippen molar-refractivity contribution in [3.8, 4) is 11.8 Å². The topological polar surface area (TPSA) is 59.3 Å². The summed E-state index contributed by atoms with van der Waals surface area (Å²) >= 11 is 0. The van der Waals surface area contributed by atoms with E-state index < -0.39 is 7.60 Å². The minimum absolute atomic E-state index is 0.236. The van der Waals surface area contributed by atoms with Gasteiger partial charge in [-0.15, -0.1) is 0 Å². The summed E-state index contributed by atoms with van der Waals surface area (Å²) in [5.41, 5.74) is 0.